The molecule has 0 aliphatic heterocycles. The van der Waals surface area contributed by atoms with Crippen LogP contribution in [-0.4, -0.2) is 47.4 Å². The summed E-state index contributed by atoms with van der Waals surface area (Å²) in [5.74, 6) is -0.0445. The molecule has 6 heteroatoms. The molecule has 0 aromatic rings. The van der Waals surface area contributed by atoms with Gasteiger partial charge in [0.25, 0.3) is 0 Å². The van der Waals surface area contributed by atoms with Gasteiger partial charge in [-0.3, -0.25) is 9.59 Å². The van der Waals surface area contributed by atoms with Crippen LogP contribution in [0.25, 0.3) is 0 Å². The van der Waals surface area contributed by atoms with E-state index in [1.54, 1.807) is 6.08 Å². The summed E-state index contributed by atoms with van der Waals surface area (Å²) < 4.78 is 5.48. The minimum Gasteiger partial charge on any atom is -0.466 e. The number of aliphatic hydroxyl groups excluding tert-OH is 2. The molecule has 0 saturated heterocycles. The summed E-state index contributed by atoms with van der Waals surface area (Å²) in [7, 11) is 0. The number of rotatable bonds is 64. The highest BCUT2D eigenvalue weighted by Crippen LogP contribution is 2.19. The van der Waals surface area contributed by atoms with E-state index in [4.69, 9.17) is 4.74 Å². The largest absolute Gasteiger partial charge is 0.466 e. The predicted molar refractivity (Wildman–Crippen MR) is 324 cm³/mol. The SMILES string of the molecule is CCCCCCCCCCCCCCCCCCCC/C=C/C(O)C(CO)NC(=O)CCCCCCCCCCCCCCCCCCCCCCCCCCCOC(=O)CCCCCCCCCCCCCC. The van der Waals surface area contributed by atoms with Crippen molar-refractivity contribution >= 4 is 11.9 Å². The highest BCUT2D eigenvalue weighted by Gasteiger charge is 2.18. The molecule has 0 saturated carbocycles. The summed E-state index contributed by atoms with van der Waals surface area (Å²) in [4.78, 5) is 24.5. The Bertz CT molecular complexity index is 1110. The zero-order valence-corrected chi connectivity index (χ0v) is 50.4. The number of esters is 1. The van der Waals surface area contributed by atoms with E-state index in [-0.39, 0.29) is 18.5 Å². The van der Waals surface area contributed by atoms with Gasteiger partial charge in [0, 0.05) is 12.8 Å². The molecule has 0 bridgehead atoms. The Hall–Kier alpha value is -1.40. The standard InChI is InChI=1S/C68H133NO5/c1-3-5-7-9-11-13-15-17-18-19-20-28-31-34-37-40-44-48-52-56-60-66(71)65(64-70)69-67(72)61-57-53-49-45-41-38-35-32-29-26-24-22-21-23-25-27-30-33-36-39-43-47-51-55-59-63-74-68(73)62-58-54-50-46-42-16-14-12-10-8-6-4-2/h56,60,65-66,70-71H,3-55,57-59,61-64H2,1-2H3,(H,69,72)/b60-56+. The average Bonchev–Trinajstić information content (AvgIpc) is 3.40. The molecule has 0 spiro atoms. The molecule has 0 aromatic carbocycles. The normalized spacial score (nSPS) is 12.5. The summed E-state index contributed by atoms with van der Waals surface area (Å²) in [6, 6.07) is -0.626. The van der Waals surface area contributed by atoms with E-state index >= 15 is 0 Å². The molecule has 74 heavy (non-hydrogen) atoms. The van der Waals surface area contributed by atoms with Gasteiger partial charge in [-0.1, -0.05) is 353 Å². The Labute approximate surface area is 463 Å². The van der Waals surface area contributed by atoms with Gasteiger partial charge in [0.2, 0.25) is 5.91 Å². The Morgan fingerprint density at radius 2 is 0.622 bits per heavy atom. The van der Waals surface area contributed by atoms with E-state index in [1.165, 1.54) is 321 Å². The van der Waals surface area contributed by atoms with Crippen LogP contribution >= 0.6 is 0 Å². The second-order valence-corrected chi connectivity index (χ2v) is 23.5. The molecule has 0 radical (unpaired) electrons. The van der Waals surface area contributed by atoms with Gasteiger partial charge in [0.15, 0.2) is 0 Å². The third-order valence-electron chi connectivity index (χ3n) is 16.1. The van der Waals surface area contributed by atoms with Crippen molar-refractivity contribution in [1.29, 1.82) is 0 Å². The Morgan fingerprint density at radius 3 is 0.919 bits per heavy atom. The van der Waals surface area contributed by atoms with E-state index in [1.807, 2.05) is 6.08 Å². The summed E-state index contributed by atoms with van der Waals surface area (Å²) in [6.45, 7) is 4.94. The quantitative estimate of drug-likeness (QED) is 0.0320. The van der Waals surface area contributed by atoms with Crippen LogP contribution in [0.2, 0.25) is 0 Å². The molecule has 2 atom stereocenters. The van der Waals surface area contributed by atoms with E-state index in [0.717, 1.165) is 38.5 Å². The van der Waals surface area contributed by atoms with Gasteiger partial charge in [-0.05, 0) is 32.1 Å². The van der Waals surface area contributed by atoms with Gasteiger partial charge in [0.1, 0.15) is 0 Å². The molecule has 0 aromatic heterocycles. The molecule has 0 aliphatic rings. The molecular formula is C68H133NO5. The minimum atomic E-state index is -0.843. The highest BCUT2D eigenvalue weighted by atomic mass is 16.5. The van der Waals surface area contributed by atoms with E-state index in [2.05, 4.69) is 19.2 Å². The first-order valence-corrected chi connectivity index (χ1v) is 34.0. The van der Waals surface area contributed by atoms with Crippen molar-refractivity contribution < 1.29 is 24.5 Å². The van der Waals surface area contributed by atoms with Crippen LogP contribution in [0.4, 0.5) is 0 Å². The Kier molecular flexibility index (Phi) is 62.9. The van der Waals surface area contributed by atoms with Crippen molar-refractivity contribution in [2.24, 2.45) is 0 Å². The van der Waals surface area contributed by atoms with Gasteiger partial charge >= 0.3 is 5.97 Å². The number of ether oxygens (including phenoxy) is 1. The molecule has 3 N–H and O–H groups in total. The van der Waals surface area contributed by atoms with Crippen LogP contribution in [0.15, 0.2) is 12.2 Å². The average molecular weight is 1040 g/mol. The number of amides is 1. The van der Waals surface area contributed by atoms with E-state index in [0.29, 0.717) is 19.4 Å². The molecular weight excluding hydrogens is 911 g/mol. The Morgan fingerprint density at radius 1 is 0.365 bits per heavy atom. The lowest BCUT2D eigenvalue weighted by Crippen LogP contribution is -2.45. The number of allylic oxidation sites excluding steroid dienone is 1. The van der Waals surface area contributed by atoms with Crippen LogP contribution in [0.1, 0.15) is 386 Å². The third-order valence-corrected chi connectivity index (χ3v) is 16.1. The van der Waals surface area contributed by atoms with E-state index in [9.17, 15) is 19.8 Å². The smallest absolute Gasteiger partial charge is 0.305 e. The first kappa shape index (κ1) is 72.6. The van der Waals surface area contributed by atoms with Crippen molar-refractivity contribution in [3.05, 3.63) is 12.2 Å². The lowest BCUT2D eigenvalue weighted by molar-refractivity contribution is -0.143. The maximum absolute atomic E-state index is 12.5. The molecule has 1 amide bonds. The monoisotopic (exact) mass is 1040 g/mol. The molecule has 0 heterocycles. The second-order valence-electron chi connectivity index (χ2n) is 23.5. The first-order chi connectivity index (χ1) is 36.5. The number of aliphatic hydroxyl groups is 2. The van der Waals surface area contributed by atoms with Crippen LogP contribution in [-0.2, 0) is 14.3 Å². The number of nitrogens with one attached hydrogen (secondary N) is 1. The fraction of sp³-hybridized carbons (Fsp3) is 0.941. The van der Waals surface area contributed by atoms with Gasteiger partial charge in [-0.2, -0.15) is 0 Å². The number of hydrogen-bond donors (Lipinski definition) is 3. The summed E-state index contributed by atoms with van der Waals surface area (Å²) >= 11 is 0. The Balaban J connectivity index is 3.38. The summed E-state index contributed by atoms with van der Waals surface area (Å²) in [5.41, 5.74) is 0. The maximum atomic E-state index is 12.5. The zero-order chi connectivity index (χ0) is 53.6. The lowest BCUT2D eigenvalue weighted by Gasteiger charge is -2.20. The van der Waals surface area contributed by atoms with Crippen LogP contribution in [0, 0.1) is 0 Å². The highest BCUT2D eigenvalue weighted by molar-refractivity contribution is 5.76. The predicted octanol–water partition coefficient (Wildman–Crippen LogP) is 21.6. The van der Waals surface area contributed by atoms with Gasteiger partial charge < -0.3 is 20.3 Å². The van der Waals surface area contributed by atoms with Crippen molar-refractivity contribution in [2.45, 2.75) is 398 Å². The van der Waals surface area contributed by atoms with Crippen molar-refractivity contribution in [3.8, 4) is 0 Å². The topological polar surface area (TPSA) is 95.9 Å². The van der Waals surface area contributed by atoms with Crippen molar-refractivity contribution in [2.75, 3.05) is 13.2 Å². The number of carbonyl (C=O) groups excluding carboxylic acids is 2. The molecule has 440 valence electrons. The summed E-state index contributed by atoms with van der Waals surface area (Å²) in [5, 5.41) is 23.2. The van der Waals surface area contributed by atoms with Crippen LogP contribution in [0.3, 0.4) is 0 Å². The van der Waals surface area contributed by atoms with Crippen LogP contribution < -0.4 is 5.32 Å². The van der Waals surface area contributed by atoms with Gasteiger partial charge in [-0.15, -0.1) is 0 Å². The zero-order valence-electron chi connectivity index (χ0n) is 50.4. The fourth-order valence-corrected chi connectivity index (χ4v) is 10.9. The number of carbonyl (C=O) groups is 2. The van der Waals surface area contributed by atoms with E-state index < -0.39 is 12.1 Å². The summed E-state index contributed by atoms with van der Waals surface area (Å²) in [6.07, 6.45) is 78.5. The molecule has 6 nitrogen and oxygen atoms in total. The van der Waals surface area contributed by atoms with Crippen molar-refractivity contribution in [3.63, 3.8) is 0 Å². The first-order valence-electron chi connectivity index (χ1n) is 34.0. The molecule has 0 aliphatic carbocycles. The lowest BCUT2D eigenvalue weighted by atomic mass is 10.0. The van der Waals surface area contributed by atoms with Crippen LogP contribution in [0.5, 0.6) is 0 Å². The second kappa shape index (κ2) is 64.1. The number of hydrogen-bond acceptors (Lipinski definition) is 5. The molecule has 0 rings (SSSR count). The molecule has 2 unspecified atom stereocenters. The van der Waals surface area contributed by atoms with Crippen molar-refractivity contribution in [1.82, 2.24) is 5.32 Å². The minimum absolute atomic E-state index is 0.0175. The molecule has 0 fully saturated rings. The number of unbranched alkanes of at least 4 members (excludes halogenated alkanes) is 53. The van der Waals surface area contributed by atoms with Gasteiger partial charge in [-0.25, -0.2) is 0 Å². The maximum Gasteiger partial charge on any atom is 0.305 e. The third kappa shape index (κ3) is 59.8. The van der Waals surface area contributed by atoms with Gasteiger partial charge in [0.05, 0.1) is 25.4 Å². The fourth-order valence-electron chi connectivity index (χ4n) is 10.9.